The van der Waals surface area contributed by atoms with E-state index in [1.807, 2.05) is 12.4 Å². The number of hydrogen-bond acceptors (Lipinski definition) is 2. The lowest BCUT2D eigenvalue weighted by atomic mass is 9.72. The molecule has 1 fully saturated rings. The Balaban J connectivity index is 2.04. The zero-order valence-electron chi connectivity index (χ0n) is 10.8. The lowest BCUT2D eigenvalue weighted by molar-refractivity contribution is 0.207. The van der Waals surface area contributed by atoms with Crippen molar-refractivity contribution in [2.45, 2.75) is 18.3 Å². The van der Waals surface area contributed by atoms with Crippen molar-refractivity contribution in [2.75, 3.05) is 20.1 Å². The van der Waals surface area contributed by atoms with Gasteiger partial charge in [0.05, 0.1) is 5.41 Å². The summed E-state index contributed by atoms with van der Waals surface area (Å²) in [7, 11) is 2.19. The van der Waals surface area contributed by atoms with Crippen molar-refractivity contribution in [1.82, 2.24) is 14.9 Å². The van der Waals surface area contributed by atoms with Crippen LogP contribution in [0.1, 0.15) is 24.2 Å². The molecule has 94 valence electrons. The molecule has 1 aliphatic heterocycles. The van der Waals surface area contributed by atoms with Crippen LogP contribution in [-0.4, -0.2) is 35.0 Å². The molecule has 0 bridgehead atoms. The molecule has 2 aromatic rings. The van der Waals surface area contributed by atoms with Crippen LogP contribution < -0.4 is 0 Å². The van der Waals surface area contributed by atoms with E-state index in [1.165, 1.54) is 5.56 Å². The average molecular weight is 241 g/mol. The molecule has 0 unspecified atom stereocenters. The Morgan fingerprint density at radius 3 is 2.50 bits per heavy atom. The van der Waals surface area contributed by atoms with Crippen molar-refractivity contribution in [3.8, 4) is 0 Å². The fourth-order valence-corrected chi connectivity index (χ4v) is 2.95. The molecule has 0 aliphatic carbocycles. The summed E-state index contributed by atoms with van der Waals surface area (Å²) in [5.74, 6) is 1.11. The van der Waals surface area contributed by atoms with Crippen LogP contribution >= 0.6 is 0 Å². The Kier molecular flexibility index (Phi) is 2.92. The number of piperidine rings is 1. The molecule has 18 heavy (non-hydrogen) atoms. The summed E-state index contributed by atoms with van der Waals surface area (Å²) in [4.78, 5) is 10.3. The first-order chi connectivity index (χ1) is 8.81. The van der Waals surface area contributed by atoms with E-state index in [0.717, 1.165) is 31.8 Å². The van der Waals surface area contributed by atoms with E-state index in [4.69, 9.17) is 0 Å². The van der Waals surface area contributed by atoms with Gasteiger partial charge < -0.3 is 9.88 Å². The topological polar surface area (TPSA) is 31.9 Å². The molecule has 1 aromatic heterocycles. The summed E-state index contributed by atoms with van der Waals surface area (Å²) >= 11 is 0. The highest BCUT2D eigenvalue weighted by Crippen LogP contribution is 2.39. The number of nitrogens with zero attached hydrogens (tertiary/aromatic N) is 2. The minimum atomic E-state index is 0.0667. The van der Waals surface area contributed by atoms with Crippen molar-refractivity contribution < 1.29 is 0 Å². The van der Waals surface area contributed by atoms with Crippen LogP contribution in [-0.2, 0) is 5.41 Å². The molecule has 1 saturated heterocycles. The summed E-state index contributed by atoms with van der Waals surface area (Å²) in [5, 5.41) is 0. The number of nitrogens with one attached hydrogen (secondary N) is 1. The normalized spacial score (nSPS) is 19.8. The Labute approximate surface area is 108 Å². The summed E-state index contributed by atoms with van der Waals surface area (Å²) in [6, 6.07) is 10.8. The Morgan fingerprint density at radius 1 is 1.17 bits per heavy atom. The van der Waals surface area contributed by atoms with Gasteiger partial charge in [-0.2, -0.15) is 0 Å². The van der Waals surface area contributed by atoms with Crippen LogP contribution in [0.15, 0.2) is 42.7 Å². The second-order valence-electron chi connectivity index (χ2n) is 5.19. The van der Waals surface area contributed by atoms with Gasteiger partial charge >= 0.3 is 0 Å². The molecule has 3 nitrogen and oxygen atoms in total. The Hall–Kier alpha value is -1.61. The van der Waals surface area contributed by atoms with Crippen molar-refractivity contribution >= 4 is 0 Å². The monoisotopic (exact) mass is 241 g/mol. The summed E-state index contributed by atoms with van der Waals surface area (Å²) in [5.41, 5.74) is 1.45. The number of imidazole rings is 1. The van der Waals surface area contributed by atoms with Crippen LogP contribution in [0.4, 0.5) is 0 Å². The predicted octanol–water partition coefficient (Wildman–Crippen LogP) is 2.42. The van der Waals surface area contributed by atoms with E-state index in [2.05, 4.69) is 52.2 Å². The molecule has 0 saturated carbocycles. The van der Waals surface area contributed by atoms with Gasteiger partial charge in [0.1, 0.15) is 5.82 Å². The van der Waals surface area contributed by atoms with Gasteiger partial charge in [-0.05, 0) is 38.5 Å². The SMILES string of the molecule is CN1CCC(c2ccccc2)(c2ncc[nH]2)CC1. The van der Waals surface area contributed by atoms with Crippen molar-refractivity contribution in [2.24, 2.45) is 0 Å². The van der Waals surface area contributed by atoms with Crippen LogP contribution in [0.3, 0.4) is 0 Å². The second kappa shape index (κ2) is 4.58. The first-order valence-corrected chi connectivity index (χ1v) is 6.55. The van der Waals surface area contributed by atoms with Gasteiger partial charge in [-0.3, -0.25) is 0 Å². The number of hydrogen-bond donors (Lipinski definition) is 1. The lowest BCUT2D eigenvalue weighted by Crippen LogP contribution is -2.42. The van der Waals surface area contributed by atoms with E-state index < -0.39 is 0 Å². The van der Waals surface area contributed by atoms with Crippen molar-refractivity contribution in [3.63, 3.8) is 0 Å². The molecule has 0 atom stereocenters. The fourth-order valence-electron chi connectivity index (χ4n) is 2.95. The van der Waals surface area contributed by atoms with E-state index in [-0.39, 0.29) is 5.41 Å². The molecular formula is C15H19N3. The number of aromatic nitrogens is 2. The third kappa shape index (κ3) is 1.85. The number of aromatic amines is 1. The standard InChI is InChI=1S/C15H19N3/c1-18-11-7-15(8-12-18,14-16-9-10-17-14)13-5-3-2-4-6-13/h2-6,9-10H,7-8,11-12H2,1H3,(H,16,17). The van der Waals surface area contributed by atoms with Gasteiger partial charge in [-0.15, -0.1) is 0 Å². The largest absolute Gasteiger partial charge is 0.348 e. The molecule has 1 N–H and O–H groups in total. The van der Waals surface area contributed by atoms with E-state index in [1.54, 1.807) is 0 Å². The molecule has 1 aliphatic rings. The van der Waals surface area contributed by atoms with Crippen LogP contribution in [0, 0.1) is 0 Å². The van der Waals surface area contributed by atoms with Gasteiger partial charge in [-0.1, -0.05) is 30.3 Å². The van der Waals surface area contributed by atoms with Crippen LogP contribution in [0.2, 0.25) is 0 Å². The molecule has 3 heteroatoms. The quantitative estimate of drug-likeness (QED) is 0.875. The second-order valence-corrected chi connectivity index (χ2v) is 5.19. The summed E-state index contributed by atoms with van der Waals surface area (Å²) < 4.78 is 0. The Bertz CT molecular complexity index is 482. The number of benzene rings is 1. The molecule has 0 radical (unpaired) electrons. The number of H-pyrrole nitrogens is 1. The molecule has 0 amide bonds. The zero-order chi connectivity index (χ0) is 12.4. The summed E-state index contributed by atoms with van der Waals surface area (Å²) in [6.07, 6.45) is 6.04. The van der Waals surface area contributed by atoms with Crippen molar-refractivity contribution in [1.29, 1.82) is 0 Å². The van der Waals surface area contributed by atoms with Gasteiger partial charge in [-0.25, -0.2) is 4.98 Å². The van der Waals surface area contributed by atoms with Crippen LogP contribution in [0.5, 0.6) is 0 Å². The summed E-state index contributed by atoms with van der Waals surface area (Å²) in [6.45, 7) is 2.24. The van der Waals surface area contributed by atoms with Gasteiger partial charge in [0, 0.05) is 12.4 Å². The minimum Gasteiger partial charge on any atom is -0.348 e. The number of likely N-dealkylation sites (tertiary alicyclic amines) is 1. The maximum Gasteiger partial charge on any atom is 0.116 e. The molecular weight excluding hydrogens is 222 g/mol. The molecule has 0 spiro atoms. The predicted molar refractivity (Wildman–Crippen MR) is 72.5 cm³/mol. The van der Waals surface area contributed by atoms with Crippen LogP contribution in [0.25, 0.3) is 0 Å². The highest BCUT2D eigenvalue weighted by atomic mass is 15.1. The Morgan fingerprint density at radius 2 is 1.89 bits per heavy atom. The maximum absolute atomic E-state index is 4.54. The molecule has 2 heterocycles. The highest BCUT2D eigenvalue weighted by molar-refractivity contribution is 5.33. The average Bonchev–Trinajstić information content (AvgIpc) is 2.95. The first-order valence-electron chi connectivity index (χ1n) is 6.55. The third-order valence-corrected chi connectivity index (χ3v) is 4.12. The number of rotatable bonds is 2. The fraction of sp³-hybridized carbons (Fsp3) is 0.400. The van der Waals surface area contributed by atoms with E-state index >= 15 is 0 Å². The van der Waals surface area contributed by atoms with E-state index in [0.29, 0.717) is 0 Å². The smallest absolute Gasteiger partial charge is 0.116 e. The van der Waals surface area contributed by atoms with Crippen molar-refractivity contribution in [3.05, 3.63) is 54.1 Å². The molecule has 3 rings (SSSR count). The zero-order valence-corrected chi connectivity index (χ0v) is 10.8. The van der Waals surface area contributed by atoms with Gasteiger partial charge in [0.25, 0.3) is 0 Å². The van der Waals surface area contributed by atoms with Gasteiger partial charge in [0.2, 0.25) is 0 Å². The maximum atomic E-state index is 4.54. The third-order valence-electron chi connectivity index (χ3n) is 4.12. The minimum absolute atomic E-state index is 0.0667. The molecule has 1 aromatic carbocycles. The lowest BCUT2D eigenvalue weighted by Gasteiger charge is -2.39. The highest BCUT2D eigenvalue weighted by Gasteiger charge is 2.39. The van der Waals surface area contributed by atoms with Gasteiger partial charge in [0.15, 0.2) is 0 Å². The van der Waals surface area contributed by atoms with E-state index in [9.17, 15) is 0 Å². The first kappa shape index (κ1) is 11.5.